The Morgan fingerprint density at radius 2 is 2.20 bits per heavy atom. The van der Waals surface area contributed by atoms with Crippen LogP contribution in [0.4, 0.5) is 0 Å². The highest BCUT2D eigenvalue weighted by Gasteiger charge is 2.03. The summed E-state index contributed by atoms with van der Waals surface area (Å²) in [6.45, 7) is 0. The van der Waals surface area contributed by atoms with Gasteiger partial charge in [-0.25, -0.2) is 0 Å². The molecular formula is C11H9N2O2-. The van der Waals surface area contributed by atoms with Crippen molar-refractivity contribution in [1.82, 2.24) is 9.78 Å². The van der Waals surface area contributed by atoms with Crippen molar-refractivity contribution in [3.63, 3.8) is 0 Å². The molecule has 0 atom stereocenters. The number of aryl methyl sites for hydroxylation is 1. The molecule has 0 N–H and O–H groups in total. The van der Waals surface area contributed by atoms with Crippen LogP contribution in [-0.2, 0) is 7.05 Å². The van der Waals surface area contributed by atoms with Gasteiger partial charge in [0.05, 0.1) is 11.7 Å². The van der Waals surface area contributed by atoms with Crippen molar-refractivity contribution in [2.75, 3.05) is 0 Å². The molecule has 1 aromatic heterocycles. The Morgan fingerprint density at radius 3 is 2.80 bits per heavy atom. The Hall–Kier alpha value is -2.10. The largest absolute Gasteiger partial charge is 0.545 e. The van der Waals surface area contributed by atoms with Crippen LogP contribution in [0.2, 0.25) is 0 Å². The van der Waals surface area contributed by atoms with Crippen LogP contribution in [0.1, 0.15) is 10.4 Å². The smallest absolute Gasteiger partial charge is 0.0715 e. The number of benzene rings is 1. The van der Waals surface area contributed by atoms with Crippen LogP contribution in [-0.4, -0.2) is 15.7 Å². The first-order valence-corrected chi connectivity index (χ1v) is 4.48. The third-order valence-electron chi connectivity index (χ3n) is 2.21. The summed E-state index contributed by atoms with van der Waals surface area (Å²) in [4.78, 5) is 10.7. The first kappa shape index (κ1) is 9.45. The van der Waals surface area contributed by atoms with E-state index in [2.05, 4.69) is 5.10 Å². The van der Waals surface area contributed by atoms with Gasteiger partial charge in [0.25, 0.3) is 0 Å². The molecule has 15 heavy (non-hydrogen) atoms. The van der Waals surface area contributed by atoms with E-state index in [9.17, 15) is 9.90 Å². The summed E-state index contributed by atoms with van der Waals surface area (Å²) in [6.07, 6.45) is 1.67. The molecule has 0 aliphatic rings. The van der Waals surface area contributed by atoms with E-state index in [1.165, 1.54) is 6.07 Å². The molecule has 4 heteroatoms. The molecule has 2 rings (SSSR count). The predicted octanol–water partition coefficient (Wildman–Crippen LogP) is 0.451. The number of carboxylic acids is 1. The highest BCUT2D eigenvalue weighted by molar-refractivity contribution is 5.87. The average molecular weight is 201 g/mol. The number of hydrogen-bond acceptors (Lipinski definition) is 3. The first-order valence-electron chi connectivity index (χ1n) is 4.48. The molecule has 0 radical (unpaired) electrons. The summed E-state index contributed by atoms with van der Waals surface area (Å²) >= 11 is 0. The fourth-order valence-electron chi connectivity index (χ4n) is 1.46. The molecular weight excluding hydrogens is 192 g/mol. The number of nitrogens with zero attached hydrogens (tertiary/aromatic N) is 2. The average Bonchev–Trinajstić information content (AvgIpc) is 2.64. The number of aromatic carboxylic acids is 1. The standard InChI is InChI=1S/C11H10N2O2/c1-13-10(5-6-12-13)8-3-2-4-9(7-8)11(14)15/h2-7H,1H3,(H,14,15)/p-1. The molecule has 0 aliphatic heterocycles. The van der Waals surface area contributed by atoms with E-state index >= 15 is 0 Å². The lowest BCUT2D eigenvalue weighted by Gasteiger charge is -2.06. The zero-order valence-corrected chi connectivity index (χ0v) is 8.18. The summed E-state index contributed by atoms with van der Waals surface area (Å²) < 4.78 is 1.69. The van der Waals surface area contributed by atoms with E-state index in [0.717, 1.165) is 11.3 Å². The first-order chi connectivity index (χ1) is 7.18. The van der Waals surface area contributed by atoms with Crippen molar-refractivity contribution in [3.8, 4) is 11.3 Å². The fraction of sp³-hybridized carbons (Fsp3) is 0.0909. The van der Waals surface area contributed by atoms with E-state index in [1.54, 1.807) is 30.1 Å². The van der Waals surface area contributed by atoms with Crippen LogP contribution in [0.3, 0.4) is 0 Å². The molecule has 0 bridgehead atoms. The Morgan fingerprint density at radius 1 is 1.40 bits per heavy atom. The lowest BCUT2D eigenvalue weighted by atomic mass is 10.1. The molecule has 4 nitrogen and oxygen atoms in total. The summed E-state index contributed by atoms with van der Waals surface area (Å²) in [5, 5.41) is 14.7. The monoisotopic (exact) mass is 201 g/mol. The van der Waals surface area contributed by atoms with Gasteiger partial charge in [0.2, 0.25) is 0 Å². The van der Waals surface area contributed by atoms with Crippen molar-refractivity contribution >= 4 is 5.97 Å². The minimum atomic E-state index is -1.17. The van der Waals surface area contributed by atoms with Gasteiger partial charge in [0.1, 0.15) is 0 Å². The normalized spacial score (nSPS) is 10.2. The lowest BCUT2D eigenvalue weighted by Crippen LogP contribution is -2.22. The van der Waals surface area contributed by atoms with Crippen LogP contribution in [0, 0.1) is 0 Å². The molecule has 1 aromatic carbocycles. The van der Waals surface area contributed by atoms with Crippen LogP contribution < -0.4 is 5.11 Å². The molecule has 0 spiro atoms. The Kier molecular flexibility index (Phi) is 2.25. The zero-order valence-electron chi connectivity index (χ0n) is 8.18. The second-order valence-corrected chi connectivity index (χ2v) is 3.21. The van der Waals surface area contributed by atoms with Gasteiger partial charge in [-0.15, -0.1) is 0 Å². The molecule has 2 aromatic rings. The second kappa shape index (κ2) is 3.57. The Bertz CT molecular complexity index is 503. The minimum Gasteiger partial charge on any atom is -0.545 e. The quantitative estimate of drug-likeness (QED) is 0.708. The summed E-state index contributed by atoms with van der Waals surface area (Å²) in [7, 11) is 1.81. The van der Waals surface area contributed by atoms with E-state index < -0.39 is 5.97 Å². The van der Waals surface area contributed by atoms with Crippen LogP contribution in [0.5, 0.6) is 0 Å². The summed E-state index contributed by atoms with van der Waals surface area (Å²) in [6, 6.07) is 8.44. The van der Waals surface area contributed by atoms with Crippen molar-refractivity contribution in [2.45, 2.75) is 0 Å². The second-order valence-electron chi connectivity index (χ2n) is 3.21. The number of rotatable bonds is 2. The van der Waals surface area contributed by atoms with E-state index in [0.29, 0.717) is 0 Å². The van der Waals surface area contributed by atoms with Crippen molar-refractivity contribution < 1.29 is 9.90 Å². The van der Waals surface area contributed by atoms with E-state index in [4.69, 9.17) is 0 Å². The zero-order chi connectivity index (χ0) is 10.8. The Labute approximate surface area is 86.8 Å². The van der Waals surface area contributed by atoms with Crippen molar-refractivity contribution in [3.05, 3.63) is 42.1 Å². The summed E-state index contributed by atoms with van der Waals surface area (Å²) in [5.41, 5.74) is 1.86. The van der Waals surface area contributed by atoms with E-state index in [-0.39, 0.29) is 5.56 Å². The van der Waals surface area contributed by atoms with Gasteiger partial charge in [0, 0.05) is 18.8 Å². The minimum absolute atomic E-state index is 0.175. The predicted molar refractivity (Wildman–Crippen MR) is 53.0 cm³/mol. The lowest BCUT2D eigenvalue weighted by molar-refractivity contribution is -0.255. The third-order valence-corrected chi connectivity index (χ3v) is 2.21. The number of carbonyl (C=O) groups excluding carboxylic acids is 1. The van der Waals surface area contributed by atoms with Gasteiger partial charge in [-0.1, -0.05) is 18.2 Å². The van der Waals surface area contributed by atoms with Gasteiger partial charge in [-0.2, -0.15) is 5.10 Å². The highest BCUT2D eigenvalue weighted by atomic mass is 16.4. The van der Waals surface area contributed by atoms with Gasteiger partial charge in [0.15, 0.2) is 0 Å². The van der Waals surface area contributed by atoms with Gasteiger partial charge in [-0.3, -0.25) is 4.68 Å². The maximum Gasteiger partial charge on any atom is 0.0715 e. The molecule has 76 valence electrons. The topological polar surface area (TPSA) is 58.0 Å². The van der Waals surface area contributed by atoms with Crippen LogP contribution >= 0.6 is 0 Å². The molecule has 0 aliphatic carbocycles. The third kappa shape index (κ3) is 1.74. The number of hydrogen-bond donors (Lipinski definition) is 0. The van der Waals surface area contributed by atoms with Crippen LogP contribution in [0.15, 0.2) is 36.5 Å². The summed E-state index contributed by atoms with van der Waals surface area (Å²) in [5.74, 6) is -1.17. The van der Waals surface area contributed by atoms with Gasteiger partial charge in [-0.05, 0) is 17.7 Å². The molecule has 0 fully saturated rings. The SMILES string of the molecule is Cn1nccc1-c1cccc(C(=O)[O-])c1. The number of carboxylic acid groups (broad SMARTS) is 1. The maximum absolute atomic E-state index is 10.7. The number of aromatic nitrogens is 2. The fourth-order valence-corrected chi connectivity index (χ4v) is 1.46. The maximum atomic E-state index is 10.7. The van der Waals surface area contributed by atoms with E-state index in [1.807, 2.05) is 12.1 Å². The van der Waals surface area contributed by atoms with Crippen molar-refractivity contribution in [2.24, 2.45) is 7.05 Å². The van der Waals surface area contributed by atoms with Gasteiger partial charge < -0.3 is 9.90 Å². The molecule has 0 saturated heterocycles. The van der Waals surface area contributed by atoms with Gasteiger partial charge >= 0.3 is 0 Å². The Balaban J connectivity index is 2.50. The van der Waals surface area contributed by atoms with Crippen molar-refractivity contribution in [1.29, 1.82) is 0 Å². The molecule has 0 saturated carbocycles. The number of carbonyl (C=O) groups is 1. The molecule has 0 amide bonds. The highest BCUT2D eigenvalue weighted by Crippen LogP contribution is 2.18. The molecule has 1 heterocycles. The van der Waals surface area contributed by atoms with Crippen LogP contribution in [0.25, 0.3) is 11.3 Å². The molecule has 0 unspecified atom stereocenters.